The number of aliphatic hydroxyl groups is 1. The van der Waals surface area contributed by atoms with Crippen LogP contribution < -0.4 is 0 Å². The Bertz CT molecular complexity index is 496. The van der Waals surface area contributed by atoms with E-state index in [2.05, 4.69) is 9.88 Å². The van der Waals surface area contributed by atoms with Crippen LogP contribution >= 0.6 is 0 Å². The lowest BCUT2D eigenvalue weighted by molar-refractivity contribution is 0.124. The van der Waals surface area contributed by atoms with Gasteiger partial charge in [0.05, 0.1) is 6.10 Å². The molecule has 1 aromatic carbocycles. The van der Waals surface area contributed by atoms with Crippen molar-refractivity contribution in [1.29, 1.82) is 0 Å². The molecule has 1 heterocycles. The molecule has 1 atom stereocenters. The molecule has 19 heavy (non-hydrogen) atoms. The van der Waals surface area contributed by atoms with Gasteiger partial charge in [0, 0.05) is 25.5 Å². The number of pyridine rings is 1. The number of benzene rings is 1. The van der Waals surface area contributed by atoms with E-state index in [0.717, 1.165) is 12.1 Å². The van der Waals surface area contributed by atoms with Crippen LogP contribution in [0.4, 0.5) is 0 Å². The maximum absolute atomic E-state index is 10.2. The molecule has 0 aliphatic heterocycles. The second-order valence-corrected chi connectivity index (χ2v) is 4.98. The summed E-state index contributed by atoms with van der Waals surface area (Å²) in [5.74, 6) is 0. The molecule has 0 fully saturated rings. The third kappa shape index (κ3) is 4.16. The number of nitrogens with zero attached hydrogens (tertiary/aromatic N) is 2. The Hall–Kier alpha value is -1.71. The first-order valence-electron chi connectivity index (χ1n) is 6.47. The summed E-state index contributed by atoms with van der Waals surface area (Å²) >= 11 is 0. The molecule has 100 valence electrons. The summed E-state index contributed by atoms with van der Waals surface area (Å²) in [5.41, 5.74) is 3.38. The van der Waals surface area contributed by atoms with E-state index in [4.69, 9.17) is 0 Å². The lowest BCUT2D eigenvalue weighted by atomic mass is 10.1. The van der Waals surface area contributed by atoms with Crippen LogP contribution in [0.2, 0.25) is 0 Å². The highest BCUT2D eigenvalue weighted by Gasteiger charge is 2.10. The van der Waals surface area contributed by atoms with Crippen LogP contribution in [0.3, 0.4) is 0 Å². The zero-order chi connectivity index (χ0) is 13.7. The van der Waals surface area contributed by atoms with Crippen molar-refractivity contribution in [2.75, 3.05) is 13.6 Å². The zero-order valence-electron chi connectivity index (χ0n) is 11.5. The Kier molecular flexibility index (Phi) is 4.66. The minimum atomic E-state index is -0.451. The molecule has 1 aromatic heterocycles. The first-order chi connectivity index (χ1) is 9.15. The van der Waals surface area contributed by atoms with Crippen LogP contribution in [0.1, 0.15) is 22.8 Å². The third-order valence-electron chi connectivity index (χ3n) is 3.15. The highest BCUT2D eigenvalue weighted by Crippen LogP contribution is 2.15. The summed E-state index contributed by atoms with van der Waals surface area (Å²) in [7, 11) is 2.01. The van der Waals surface area contributed by atoms with Crippen LogP contribution in [0, 0.1) is 6.92 Å². The second kappa shape index (κ2) is 6.45. The zero-order valence-corrected chi connectivity index (χ0v) is 11.5. The molecule has 3 nitrogen and oxygen atoms in total. The van der Waals surface area contributed by atoms with Crippen molar-refractivity contribution in [2.45, 2.75) is 19.6 Å². The van der Waals surface area contributed by atoms with E-state index in [-0.39, 0.29) is 0 Å². The van der Waals surface area contributed by atoms with Crippen molar-refractivity contribution in [3.63, 3.8) is 0 Å². The average molecular weight is 256 g/mol. The molecule has 0 amide bonds. The van der Waals surface area contributed by atoms with Gasteiger partial charge in [-0.05, 0) is 37.2 Å². The fourth-order valence-corrected chi connectivity index (χ4v) is 2.05. The van der Waals surface area contributed by atoms with E-state index in [0.29, 0.717) is 6.54 Å². The van der Waals surface area contributed by atoms with Crippen molar-refractivity contribution >= 4 is 0 Å². The van der Waals surface area contributed by atoms with Gasteiger partial charge in [-0.3, -0.25) is 9.88 Å². The summed E-state index contributed by atoms with van der Waals surface area (Å²) in [6.07, 6.45) is 3.13. The van der Waals surface area contributed by atoms with Gasteiger partial charge >= 0.3 is 0 Å². The monoisotopic (exact) mass is 256 g/mol. The Labute approximate surface area is 114 Å². The standard InChI is InChI=1S/C16H20N2O/c1-13-3-5-15(6-4-13)16(19)12-18(2)11-14-7-9-17-10-8-14/h3-10,16,19H,11-12H2,1-2H3. The lowest BCUT2D eigenvalue weighted by Crippen LogP contribution is -2.24. The number of aryl methyl sites for hydroxylation is 1. The predicted octanol–water partition coefficient (Wildman–Crippen LogP) is 2.56. The number of likely N-dealkylation sites (N-methyl/N-ethyl adjacent to an activating group) is 1. The SMILES string of the molecule is Cc1ccc(C(O)CN(C)Cc2ccncc2)cc1. The molecular weight excluding hydrogens is 236 g/mol. The average Bonchev–Trinajstić information content (AvgIpc) is 2.40. The molecule has 1 N–H and O–H groups in total. The van der Waals surface area contributed by atoms with Crippen LogP contribution in [-0.2, 0) is 6.54 Å². The van der Waals surface area contributed by atoms with Gasteiger partial charge in [0.25, 0.3) is 0 Å². The van der Waals surface area contributed by atoms with Gasteiger partial charge in [-0.1, -0.05) is 29.8 Å². The molecule has 0 radical (unpaired) electrons. The summed E-state index contributed by atoms with van der Waals surface area (Å²) in [4.78, 5) is 6.11. The van der Waals surface area contributed by atoms with E-state index in [9.17, 15) is 5.11 Å². The van der Waals surface area contributed by atoms with E-state index in [1.54, 1.807) is 12.4 Å². The van der Waals surface area contributed by atoms with Crippen molar-refractivity contribution < 1.29 is 5.11 Å². The largest absolute Gasteiger partial charge is 0.387 e. The third-order valence-corrected chi connectivity index (χ3v) is 3.15. The highest BCUT2D eigenvalue weighted by molar-refractivity contribution is 5.23. The highest BCUT2D eigenvalue weighted by atomic mass is 16.3. The van der Waals surface area contributed by atoms with Crippen molar-refractivity contribution in [3.05, 3.63) is 65.5 Å². The van der Waals surface area contributed by atoms with Crippen molar-refractivity contribution in [3.8, 4) is 0 Å². The Balaban J connectivity index is 1.91. The van der Waals surface area contributed by atoms with Gasteiger partial charge in [0.2, 0.25) is 0 Å². The van der Waals surface area contributed by atoms with E-state index < -0.39 is 6.10 Å². The van der Waals surface area contributed by atoms with Crippen LogP contribution in [0.25, 0.3) is 0 Å². The molecule has 0 saturated heterocycles. The first-order valence-corrected chi connectivity index (χ1v) is 6.47. The van der Waals surface area contributed by atoms with E-state index in [1.165, 1.54) is 11.1 Å². The van der Waals surface area contributed by atoms with Gasteiger partial charge in [-0.25, -0.2) is 0 Å². The molecule has 0 aliphatic carbocycles. The number of aliphatic hydroxyl groups excluding tert-OH is 1. The minimum Gasteiger partial charge on any atom is -0.387 e. The fourth-order valence-electron chi connectivity index (χ4n) is 2.05. The molecule has 0 saturated carbocycles. The Morgan fingerprint density at radius 3 is 2.37 bits per heavy atom. The molecule has 0 spiro atoms. The quantitative estimate of drug-likeness (QED) is 0.893. The van der Waals surface area contributed by atoms with Gasteiger partial charge in [0.15, 0.2) is 0 Å². The Morgan fingerprint density at radius 1 is 1.11 bits per heavy atom. The van der Waals surface area contributed by atoms with Crippen molar-refractivity contribution in [2.24, 2.45) is 0 Å². The molecule has 1 unspecified atom stereocenters. The normalized spacial score (nSPS) is 12.6. The topological polar surface area (TPSA) is 36.4 Å². The maximum Gasteiger partial charge on any atom is 0.0916 e. The van der Waals surface area contributed by atoms with Crippen LogP contribution in [-0.4, -0.2) is 28.6 Å². The summed E-state index contributed by atoms with van der Waals surface area (Å²) < 4.78 is 0. The number of aromatic nitrogens is 1. The summed E-state index contributed by atoms with van der Waals surface area (Å²) in [5, 5.41) is 10.2. The van der Waals surface area contributed by atoms with E-state index in [1.807, 2.05) is 50.4 Å². The molecule has 0 bridgehead atoms. The van der Waals surface area contributed by atoms with Crippen LogP contribution in [0.15, 0.2) is 48.8 Å². The van der Waals surface area contributed by atoms with E-state index >= 15 is 0 Å². The first kappa shape index (κ1) is 13.7. The molecule has 2 rings (SSSR count). The number of hydrogen-bond donors (Lipinski definition) is 1. The molecule has 0 aliphatic rings. The van der Waals surface area contributed by atoms with Gasteiger partial charge in [-0.2, -0.15) is 0 Å². The maximum atomic E-state index is 10.2. The molecular formula is C16H20N2O. The second-order valence-electron chi connectivity index (χ2n) is 4.98. The number of hydrogen-bond acceptors (Lipinski definition) is 3. The summed E-state index contributed by atoms with van der Waals surface area (Å²) in [6.45, 7) is 3.47. The van der Waals surface area contributed by atoms with Gasteiger partial charge in [0.1, 0.15) is 0 Å². The minimum absolute atomic E-state index is 0.451. The smallest absolute Gasteiger partial charge is 0.0916 e. The van der Waals surface area contributed by atoms with Crippen LogP contribution in [0.5, 0.6) is 0 Å². The molecule has 3 heteroatoms. The summed E-state index contributed by atoms with van der Waals surface area (Å²) in [6, 6.07) is 12.0. The van der Waals surface area contributed by atoms with Crippen molar-refractivity contribution in [1.82, 2.24) is 9.88 Å². The van der Waals surface area contributed by atoms with Gasteiger partial charge in [-0.15, -0.1) is 0 Å². The number of rotatable bonds is 5. The fraction of sp³-hybridized carbons (Fsp3) is 0.312. The van der Waals surface area contributed by atoms with Gasteiger partial charge < -0.3 is 5.11 Å². The Morgan fingerprint density at radius 2 is 1.74 bits per heavy atom. The lowest BCUT2D eigenvalue weighted by Gasteiger charge is -2.21. The predicted molar refractivity (Wildman–Crippen MR) is 76.7 cm³/mol. The molecule has 2 aromatic rings.